The number of rotatable bonds is 5. The zero-order valence-corrected chi connectivity index (χ0v) is 19.0. The third-order valence-electron chi connectivity index (χ3n) is 7.41. The zero-order chi connectivity index (χ0) is 21.7. The molecule has 2 aromatic heterocycles. The molecule has 0 atom stereocenters. The van der Waals surface area contributed by atoms with E-state index in [2.05, 4.69) is 65.3 Å². The third-order valence-corrected chi connectivity index (χ3v) is 7.41. The van der Waals surface area contributed by atoms with Gasteiger partial charge in [0, 0.05) is 40.9 Å². The molecule has 2 aromatic carbocycles. The molecule has 1 aliphatic heterocycles. The first kappa shape index (κ1) is 19.7. The van der Waals surface area contributed by atoms with E-state index in [0.29, 0.717) is 0 Å². The van der Waals surface area contributed by atoms with Crippen molar-refractivity contribution in [2.24, 2.45) is 4.99 Å². The van der Waals surface area contributed by atoms with Crippen molar-refractivity contribution in [2.45, 2.75) is 52.6 Å². The van der Waals surface area contributed by atoms with Gasteiger partial charge in [0.1, 0.15) is 0 Å². The summed E-state index contributed by atoms with van der Waals surface area (Å²) in [6.45, 7) is 8.37. The Balaban J connectivity index is 1.60. The fraction of sp³-hybridized carbons (Fsp3) is 0.357. The summed E-state index contributed by atoms with van der Waals surface area (Å²) in [5.74, 6) is 0. The zero-order valence-electron chi connectivity index (χ0n) is 19.0. The highest BCUT2D eigenvalue weighted by Crippen LogP contribution is 2.39. The Morgan fingerprint density at radius 1 is 0.969 bits per heavy atom. The first-order valence-electron chi connectivity index (χ1n) is 12.1. The number of fused-ring (bicyclic) bond motifs is 6. The van der Waals surface area contributed by atoms with Crippen LogP contribution in [0.5, 0.6) is 0 Å². The molecule has 4 nitrogen and oxygen atoms in total. The van der Waals surface area contributed by atoms with E-state index in [1.807, 2.05) is 6.21 Å². The van der Waals surface area contributed by atoms with E-state index < -0.39 is 0 Å². The van der Waals surface area contributed by atoms with Gasteiger partial charge in [-0.1, -0.05) is 26.0 Å². The molecule has 162 valence electrons. The van der Waals surface area contributed by atoms with Crippen molar-refractivity contribution in [1.29, 1.82) is 0 Å². The summed E-state index contributed by atoms with van der Waals surface area (Å²) in [6.07, 6.45) is 8.93. The molecule has 32 heavy (non-hydrogen) atoms. The topological polar surface area (TPSA) is 44.3 Å². The molecule has 0 amide bonds. The van der Waals surface area contributed by atoms with Gasteiger partial charge in [-0.3, -0.25) is 14.9 Å². The number of hydrogen-bond acceptors (Lipinski definition) is 3. The van der Waals surface area contributed by atoms with Gasteiger partial charge in [-0.25, -0.2) is 0 Å². The molecule has 2 aliphatic rings. The summed E-state index contributed by atoms with van der Waals surface area (Å²) >= 11 is 0. The molecule has 4 aromatic rings. The lowest BCUT2D eigenvalue weighted by atomic mass is 9.84. The average molecular weight is 423 g/mol. The van der Waals surface area contributed by atoms with Crippen molar-refractivity contribution in [1.82, 2.24) is 14.9 Å². The van der Waals surface area contributed by atoms with Crippen LogP contribution in [0.2, 0.25) is 0 Å². The normalized spacial score (nSPS) is 15.1. The average Bonchev–Trinajstić information content (AvgIpc) is 3.48. The molecule has 1 aliphatic carbocycles. The lowest BCUT2D eigenvalue weighted by Gasteiger charge is -2.24. The Bertz CT molecular complexity index is 1360. The molecule has 3 heterocycles. The summed E-state index contributed by atoms with van der Waals surface area (Å²) in [4.78, 5) is 15.6. The summed E-state index contributed by atoms with van der Waals surface area (Å²) in [6, 6.07) is 11.3. The number of aromatic nitrogens is 2. The smallest absolute Gasteiger partial charge is 0.0713 e. The van der Waals surface area contributed by atoms with Crippen molar-refractivity contribution < 1.29 is 0 Å². The minimum Gasteiger partial charge on any atom is -0.354 e. The highest BCUT2D eigenvalue weighted by Gasteiger charge is 2.22. The monoisotopic (exact) mass is 422 g/mol. The highest BCUT2D eigenvalue weighted by atomic mass is 15.1. The SMILES string of the molecule is CCN(CC)Cc1cnc2ccc3[nH]c(-c4ccc5c(c4)C=NC5)c4c(c3c12)CCCC4. The maximum absolute atomic E-state index is 4.80. The summed E-state index contributed by atoms with van der Waals surface area (Å²) in [5, 5.41) is 2.76. The minimum atomic E-state index is 0.812. The molecule has 1 N–H and O–H groups in total. The predicted molar refractivity (Wildman–Crippen MR) is 134 cm³/mol. The molecule has 0 unspecified atom stereocenters. The number of H-pyrrole nitrogens is 1. The predicted octanol–water partition coefficient (Wildman–Crippen LogP) is 6.04. The lowest BCUT2D eigenvalue weighted by molar-refractivity contribution is 0.297. The minimum absolute atomic E-state index is 0.812. The molecular formula is C28H30N4. The Labute approximate surface area is 189 Å². The van der Waals surface area contributed by atoms with Crippen LogP contribution in [0, 0.1) is 0 Å². The largest absolute Gasteiger partial charge is 0.354 e. The molecule has 0 spiro atoms. The van der Waals surface area contributed by atoms with Crippen molar-refractivity contribution in [2.75, 3.05) is 13.1 Å². The molecule has 0 saturated heterocycles. The number of nitrogens with one attached hydrogen (secondary N) is 1. The van der Waals surface area contributed by atoms with Crippen molar-refractivity contribution >= 4 is 28.0 Å². The van der Waals surface area contributed by atoms with Crippen LogP contribution in [0.15, 0.2) is 41.5 Å². The maximum atomic E-state index is 4.80. The molecular weight excluding hydrogens is 392 g/mol. The molecule has 0 saturated carbocycles. The lowest BCUT2D eigenvalue weighted by Crippen LogP contribution is -2.22. The first-order valence-corrected chi connectivity index (χ1v) is 12.1. The van der Waals surface area contributed by atoms with Gasteiger partial charge in [0.05, 0.1) is 12.1 Å². The van der Waals surface area contributed by atoms with E-state index in [9.17, 15) is 0 Å². The quantitative estimate of drug-likeness (QED) is 0.426. The van der Waals surface area contributed by atoms with Crippen LogP contribution >= 0.6 is 0 Å². The molecule has 4 heteroatoms. The summed E-state index contributed by atoms with van der Waals surface area (Å²) in [7, 11) is 0. The van der Waals surface area contributed by atoms with Gasteiger partial charge < -0.3 is 4.98 Å². The van der Waals surface area contributed by atoms with Gasteiger partial charge in [0.25, 0.3) is 0 Å². The fourth-order valence-corrected chi connectivity index (χ4v) is 5.63. The number of hydrogen-bond donors (Lipinski definition) is 1. The van der Waals surface area contributed by atoms with Gasteiger partial charge in [0.2, 0.25) is 0 Å². The van der Waals surface area contributed by atoms with Crippen LogP contribution in [0.3, 0.4) is 0 Å². The second-order valence-corrected chi connectivity index (χ2v) is 9.17. The number of aliphatic imine (C=N–C) groups is 1. The molecule has 0 radical (unpaired) electrons. The second kappa shape index (κ2) is 7.86. The Kier molecular flexibility index (Phi) is 4.83. The number of nitrogens with zero attached hydrogens (tertiary/aromatic N) is 3. The maximum Gasteiger partial charge on any atom is 0.0713 e. The van der Waals surface area contributed by atoms with E-state index in [-0.39, 0.29) is 0 Å². The van der Waals surface area contributed by atoms with E-state index in [1.165, 1.54) is 68.2 Å². The van der Waals surface area contributed by atoms with E-state index >= 15 is 0 Å². The second-order valence-electron chi connectivity index (χ2n) is 9.17. The molecule has 0 fully saturated rings. The van der Waals surface area contributed by atoms with Crippen molar-refractivity contribution in [3.05, 3.63) is 64.3 Å². The Morgan fingerprint density at radius 2 is 1.81 bits per heavy atom. The van der Waals surface area contributed by atoms with Gasteiger partial charge >= 0.3 is 0 Å². The number of benzene rings is 2. The van der Waals surface area contributed by atoms with Gasteiger partial charge in [-0.15, -0.1) is 0 Å². The van der Waals surface area contributed by atoms with Gasteiger partial charge in [-0.05, 0) is 90.4 Å². The van der Waals surface area contributed by atoms with E-state index in [0.717, 1.165) is 44.5 Å². The summed E-state index contributed by atoms with van der Waals surface area (Å²) in [5.41, 5.74) is 11.9. The van der Waals surface area contributed by atoms with Gasteiger partial charge in [-0.2, -0.15) is 0 Å². The third kappa shape index (κ3) is 3.08. The fourth-order valence-electron chi connectivity index (χ4n) is 5.63. The Morgan fingerprint density at radius 3 is 2.66 bits per heavy atom. The standard InChI is InChI=1S/C28H30N4/c1-3-32(4-2)17-21-16-30-24-11-12-25-27(26(21)24)22-7-5-6-8-23(22)28(31-25)18-9-10-19-14-29-15-20(19)13-18/h9-13,15-16,31H,3-8,14,17H2,1-2H3. The van der Waals surface area contributed by atoms with E-state index in [4.69, 9.17) is 4.98 Å². The highest BCUT2D eigenvalue weighted by molar-refractivity contribution is 6.10. The van der Waals surface area contributed by atoms with Crippen LogP contribution in [0.4, 0.5) is 0 Å². The molecule has 0 bridgehead atoms. The van der Waals surface area contributed by atoms with Crippen LogP contribution < -0.4 is 0 Å². The van der Waals surface area contributed by atoms with Crippen molar-refractivity contribution in [3.8, 4) is 11.3 Å². The first-order chi connectivity index (χ1) is 15.8. The number of pyridine rings is 1. The summed E-state index contributed by atoms with van der Waals surface area (Å²) < 4.78 is 0. The van der Waals surface area contributed by atoms with Crippen LogP contribution in [0.1, 0.15) is 54.5 Å². The van der Waals surface area contributed by atoms with Crippen LogP contribution in [-0.4, -0.2) is 34.2 Å². The number of aromatic amines is 1. The van der Waals surface area contributed by atoms with Gasteiger partial charge in [0.15, 0.2) is 0 Å². The van der Waals surface area contributed by atoms with E-state index in [1.54, 1.807) is 0 Å². The number of aryl methyl sites for hydroxylation is 1. The molecule has 6 rings (SSSR count). The van der Waals surface area contributed by atoms with Crippen LogP contribution in [0.25, 0.3) is 33.1 Å². The Hall–Kier alpha value is -2.98. The van der Waals surface area contributed by atoms with Crippen LogP contribution in [-0.2, 0) is 25.9 Å². The van der Waals surface area contributed by atoms with Crippen molar-refractivity contribution in [3.63, 3.8) is 0 Å².